The molecule has 8 heteroatoms. The van der Waals surface area contributed by atoms with Crippen LogP contribution >= 0.6 is 0 Å². The summed E-state index contributed by atoms with van der Waals surface area (Å²) in [6.45, 7) is 5.46. The van der Waals surface area contributed by atoms with Gasteiger partial charge in [-0.15, -0.1) is 10.2 Å². The van der Waals surface area contributed by atoms with Gasteiger partial charge in [0.15, 0.2) is 0 Å². The number of hydrogen-bond acceptors (Lipinski definition) is 6. The molecule has 0 fully saturated rings. The van der Waals surface area contributed by atoms with E-state index in [2.05, 4.69) is 14.9 Å². The van der Waals surface area contributed by atoms with Crippen LogP contribution in [-0.4, -0.2) is 24.7 Å². The molecule has 0 aliphatic heterocycles. The van der Waals surface area contributed by atoms with Crippen LogP contribution in [0.5, 0.6) is 5.75 Å². The first-order valence-electron chi connectivity index (χ1n) is 8.49. The maximum absolute atomic E-state index is 12.9. The summed E-state index contributed by atoms with van der Waals surface area (Å²) < 4.78 is 39.5. The van der Waals surface area contributed by atoms with Crippen molar-refractivity contribution in [1.82, 2.24) is 14.9 Å². The van der Waals surface area contributed by atoms with Gasteiger partial charge in [-0.1, -0.05) is 30.3 Å². The summed E-state index contributed by atoms with van der Waals surface area (Å²) in [7, 11) is -3.83. The van der Waals surface area contributed by atoms with E-state index in [1.165, 1.54) is 12.1 Å². The number of ether oxygens (including phenoxy) is 1. The molecular weight excluding hydrogens is 366 g/mol. The topological polar surface area (TPSA) is 94.3 Å². The predicted molar refractivity (Wildman–Crippen MR) is 99.8 cm³/mol. The lowest BCUT2D eigenvalue weighted by molar-refractivity contribution is 0.242. The van der Waals surface area contributed by atoms with Crippen LogP contribution in [0.25, 0.3) is 0 Å². The van der Waals surface area contributed by atoms with E-state index in [0.29, 0.717) is 17.2 Å². The van der Waals surface area contributed by atoms with E-state index in [9.17, 15) is 8.42 Å². The lowest BCUT2D eigenvalue weighted by atomic mass is 10.1. The summed E-state index contributed by atoms with van der Waals surface area (Å²) in [4.78, 5) is 0.121. The van der Waals surface area contributed by atoms with Gasteiger partial charge in [0.1, 0.15) is 11.8 Å². The van der Waals surface area contributed by atoms with Crippen LogP contribution in [0.1, 0.15) is 37.2 Å². The van der Waals surface area contributed by atoms with Crippen LogP contribution in [-0.2, 0) is 10.0 Å². The zero-order chi connectivity index (χ0) is 19.4. The summed E-state index contributed by atoms with van der Waals surface area (Å²) in [5, 5.41) is 7.79. The largest absolute Gasteiger partial charge is 0.491 e. The molecule has 3 rings (SSSR count). The summed E-state index contributed by atoms with van der Waals surface area (Å²) in [6, 6.07) is 14.5. The van der Waals surface area contributed by atoms with Crippen LogP contribution in [0, 0.1) is 6.92 Å². The number of nitrogens with zero attached hydrogens (tertiary/aromatic N) is 2. The second kappa shape index (κ2) is 7.89. The van der Waals surface area contributed by atoms with Crippen molar-refractivity contribution in [3.8, 4) is 5.75 Å². The quantitative estimate of drug-likeness (QED) is 0.669. The summed E-state index contributed by atoms with van der Waals surface area (Å²) in [5.74, 6) is 1.15. The van der Waals surface area contributed by atoms with Crippen LogP contribution in [0.2, 0.25) is 0 Å². The Labute approximate surface area is 158 Å². The van der Waals surface area contributed by atoms with E-state index in [4.69, 9.17) is 9.15 Å². The number of aromatic nitrogens is 2. The molecule has 0 spiro atoms. The van der Waals surface area contributed by atoms with Gasteiger partial charge in [0, 0.05) is 6.92 Å². The Morgan fingerprint density at radius 2 is 1.67 bits per heavy atom. The molecule has 0 saturated heterocycles. The van der Waals surface area contributed by atoms with Crippen molar-refractivity contribution in [3.05, 3.63) is 71.9 Å². The van der Waals surface area contributed by atoms with Crippen molar-refractivity contribution in [1.29, 1.82) is 0 Å². The highest BCUT2D eigenvalue weighted by molar-refractivity contribution is 7.89. The van der Waals surface area contributed by atoms with Crippen LogP contribution in [0.4, 0.5) is 0 Å². The zero-order valence-corrected chi connectivity index (χ0v) is 16.1. The van der Waals surface area contributed by atoms with E-state index >= 15 is 0 Å². The molecule has 0 bridgehead atoms. The highest BCUT2D eigenvalue weighted by atomic mass is 32.2. The number of aryl methyl sites for hydroxylation is 1. The molecule has 0 saturated carbocycles. The number of nitrogens with one attached hydrogen (secondary N) is 1. The highest BCUT2D eigenvalue weighted by Gasteiger charge is 2.27. The Kier molecular flexibility index (Phi) is 5.57. The van der Waals surface area contributed by atoms with Gasteiger partial charge < -0.3 is 9.15 Å². The molecule has 1 atom stereocenters. The Bertz CT molecular complexity index is 983. The minimum atomic E-state index is -3.83. The van der Waals surface area contributed by atoms with Crippen molar-refractivity contribution in [2.45, 2.75) is 37.8 Å². The Balaban J connectivity index is 1.90. The Morgan fingerprint density at radius 1 is 1.00 bits per heavy atom. The lowest BCUT2D eigenvalue weighted by Crippen LogP contribution is -2.29. The maximum Gasteiger partial charge on any atom is 0.241 e. The lowest BCUT2D eigenvalue weighted by Gasteiger charge is -2.16. The standard InChI is InChI=1S/C19H21N3O4S/c1-13(2)25-16-9-11-17(12-10-16)27(23,24)22-18(15-7-5-4-6-8-15)19-21-20-14(3)26-19/h4-13,18,22H,1-3H3. The van der Waals surface area contributed by atoms with Crippen LogP contribution in [0.15, 0.2) is 63.9 Å². The van der Waals surface area contributed by atoms with Crippen molar-refractivity contribution in [2.24, 2.45) is 0 Å². The molecule has 0 aliphatic carbocycles. The molecule has 0 amide bonds. The monoisotopic (exact) mass is 387 g/mol. The smallest absolute Gasteiger partial charge is 0.241 e. The number of rotatable bonds is 7. The van der Waals surface area contributed by atoms with Crippen LogP contribution < -0.4 is 9.46 Å². The second-order valence-electron chi connectivity index (χ2n) is 6.26. The van der Waals surface area contributed by atoms with Crippen LogP contribution in [0.3, 0.4) is 0 Å². The van der Waals surface area contributed by atoms with Gasteiger partial charge in [-0.05, 0) is 43.7 Å². The van der Waals surface area contributed by atoms with Crippen molar-refractivity contribution in [3.63, 3.8) is 0 Å². The first-order chi connectivity index (χ1) is 12.8. The third kappa shape index (κ3) is 4.72. The summed E-state index contributed by atoms with van der Waals surface area (Å²) in [6.07, 6.45) is 0.00816. The van der Waals surface area contributed by atoms with E-state index in [1.807, 2.05) is 32.0 Å². The Hall–Kier alpha value is -2.71. The summed E-state index contributed by atoms with van der Waals surface area (Å²) in [5.41, 5.74) is 0.699. The number of benzene rings is 2. The third-order valence-corrected chi connectivity index (χ3v) is 5.14. The molecule has 0 radical (unpaired) electrons. The molecule has 142 valence electrons. The van der Waals surface area contributed by atoms with E-state index in [0.717, 1.165) is 0 Å². The van der Waals surface area contributed by atoms with Gasteiger partial charge in [0.05, 0.1) is 11.0 Å². The molecule has 1 heterocycles. The molecule has 1 aromatic heterocycles. The SMILES string of the molecule is Cc1nnc(C(NS(=O)(=O)c2ccc(OC(C)C)cc2)c2ccccc2)o1. The first-order valence-corrected chi connectivity index (χ1v) is 9.97. The fraction of sp³-hybridized carbons (Fsp3) is 0.263. The van der Waals surface area contributed by atoms with Gasteiger partial charge in [-0.3, -0.25) is 0 Å². The fourth-order valence-electron chi connectivity index (χ4n) is 2.53. The molecule has 27 heavy (non-hydrogen) atoms. The van der Waals surface area contributed by atoms with Gasteiger partial charge in [0.2, 0.25) is 21.8 Å². The van der Waals surface area contributed by atoms with E-state index < -0.39 is 16.1 Å². The predicted octanol–water partition coefficient (Wildman–Crippen LogP) is 3.23. The third-order valence-electron chi connectivity index (χ3n) is 3.70. The zero-order valence-electron chi connectivity index (χ0n) is 15.3. The molecular formula is C19H21N3O4S. The van der Waals surface area contributed by atoms with Gasteiger partial charge >= 0.3 is 0 Å². The maximum atomic E-state index is 12.9. The highest BCUT2D eigenvalue weighted by Crippen LogP contribution is 2.24. The van der Waals surface area contributed by atoms with Gasteiger partial charge in [0.25, 0.3) is 0 Å². The summed E-state index contributed by atoms with van der Waals surface area (Å²) >= 11 is 0. The van der Waals surface area contributed by atoms with Crippen molar-refractivity contribution >= 4 is 10.0 Å². The molecule has 2 aromatic carbocycles. The average Bonchev–Trinajstić information content (AvgIpc) is 3.06. The molecule has 1 N–H and O–H groups in total. The molecule has 0 aliphatic rings. The van der Waals surface area contributed by atoms with Crippen molar-refractivity contribution < 1.29 is 17.6 Å². The second-order valence-corrected chi connectivity index (χ2v) is 7.98. The van der Waals surface area contributed by atoms with E-state index in [1.54, 1.807) is 31.2 Å². The first kappa shape index (κ1) is 19.1. The average molecular weight is 387 g/mol. The normalized spacial score (nSPS) is 12.9. The number of hydrogen-bond donors (Lipinski definition) is 1. The van der Waals surface area contributed by atoms with E-state index in [-0.39, 0.29) is 16.9 Å². The fourth-order valence-corrected chi connectivity index (χ4v) is 3.71. The minimum absolute atomic E-state index is 0.00816. The number of sulfonamides is 1. The molecule has 7 nitrogen and oxygen atoms in total. The van der Waals surface area contributed by atoms with Gasteiger partial charge in [-0.2, -0.15) is 4.72 Å². The molecule has 3 aromatic rings. The Morgan fingerprint density at radius 3 is 2.22 bits per heavy atom. The molecule has 1 unspecified atom stereocenters. The minimum Gasteiger partial charge on any atom is -0.491 e. The van der Waals surface area contributed by atoms with Gasteiger partial charge in [-0.25, -0.2) is 8.42 Å². The van der Waals surface area contributed by atoms with Crippen molar-refractivity contribution in [2.75, 3.05) is 0 Å².